The summed E-state index contributed by atoms with van der Waals surface area (Å²) in [5.74, 6) is 1.10. The fourth-order valence-corrected chi connectivity index (χ4v) is 3.27. The molecule has 0 radical (unpaired) electrons. The Morgan fingerprint density at radius 3 is 2.89 bits per heavy atom. The van der Waals surface area contributed by atoms with Crippen LogP contribution in [0.3, 0.4) is 0 Å². The van der Waals surface area contributed by atoms with Gasteiger partial charge in [0.2, 0.25) is 0 Å². The monoisotopic (exact) mass is 283 g/mol. The molecule has 0 spiro atoms. The Labute approximate surface area is 120 Å². The van der Waals surface area contributed by atoms with Gasteiger partial charge in [0, 0.05) is 38.3 Å². The van der Waals surface area contributed by atoms with Crippen molar-refractivity contribution >= 4 is 17.8 Å². The Morgan fingerprint density at radius 1 is 1.47 bits per heavy atom. The maximum absolute atomic E-state index is 12.2. The lowest BCUT2D eigenvalue weighted by molar-refractivity contribution is 0.197. The SMILES string of the molecule is CSCC[C@H](C)NC(=O)N1CC[C@@H](N2CC=CC2)C1. The Morgan fingerprint density at radius 2 is 2.21 bits per heavy atom. The van der Waals surface area contributed by atoms with Gasteiger partial charge in [-0.3, -0.25) is 4.90 Å². The van der Waals surface area contributed by atoms with Gasteiger partial charge in [-0.25, -0.2) is 4.79 Å². The molecule has 1 N–H and O–H groups in total. The normalized spacial score (nSPS) is 24.9. The smallest absolute Gasteiger partial charge is 0.317 e. The summed E-state index contributed by atoms with van der Waals surface area (Å²) in [5.41, 5.74) is 0. The lowest BCUT2D eigenvalue weighted by atomic mass is 10.2. The summed E-state index contributed by atoms with van der Waals surface area (Å²) in [5, 5.41) is 3.11. The first-order chi connectivity index (χ1) is 9.20. The average molecular weight is 283 g/mol. The lowest BCUT2D eigenvalue weighted by Crippen LogP contribution is -2.44. The fourth-order valence-electron chi connectivity index (χ4n) is 2.69. The van der Waals surface area contributed by atoms with E-state index in [1.165, 1.54) is 0 Å². The van der Waals surface area contributed by atoms with Crippen LogP contribution >= 0.6 is 11.8 Å². The lowest BCUT2D eigenvalue weighted by Gasteiger charge is -2.24. The number of urea groups is 1. The number of amides is 2. The van der Waals surface area contributed by atoms with Crippen LogP contribution in [0, 0.1) is 0 Å². The van der Waals surface area contributed by atoms with Gasteiger partial charge in [-0.05, 0) is 31.8 Å². The summed E-state index contributed by atoms with van der Waals surface area (Å²) in [7, 11) is 0. The van der Waals surface area contributed by atoms with Gasteiger partial charge in [-0.2, -0.15) is 11.8 Å². The van der Waals surface area contributed by atoms with Crippen LogP contribution in [-0.2, 0) is 0 Å². The summed E-state index contributed by atoms with van der Waals surface area (Å²) < 4.78 is 0. The second-order valence-electron chi connectivity index (χ2n) is 5.45. The third-order valence-electron chi connectivity index (χ3n) is 3.94. The molecule has 0 aromatic carbocycles. The van der Waals surface area contributed by atoms with E-state index in [1.54, 1.807) is 0 Å². The number of rotatable bonds is 5. The minimum Gasteiger partial charge on any atom is -0.336 e. The Kier molecular flexibility index (Phi) is 5.58. The largest absolute Gasteiger partial charge is 0.336 e. The third-order valence-corrected chi connectivity index (χ3v) is 4.58. The predicted octanol–water partition coefficient (Wildman–Crippen LogP) is 1.78. The van der Waals surface area contributed by atoms with Gasteiger partial charge in [-0.1, -0.05) is 12.2 Å². The van der Waals surface area contributed by atoms with Gasteiger partial charge < -0.3 is 10.2 Å². The van der Waals surface area contributed by atoms with Crippen molar-refractivity contribution in [3.63, 3.8) is 0 Å². The number of nitrogens with zero attached hydrogens (tertiary/aromatic N) is 2. The van der Waals surface area contributed by atoms with Crippen molar-refractivity contribution < 1.29 is 4.79 Å². The average Bonchev–Trinajstić information content (AvgIpc) is 3.05. The number of nitrogens with one attached hydrogen (secondary N) is 1. The van der Waals surface area contributed by atoms with Crippen molar-refractivity contribution in [2.45, 2.75) is 31.8 Å². The molecular formula is C14H25N3OS. The quantitative estimate of drug-likeness (QED) is 0.781. The van der Waals surface area contributed by atoms with Crippen molar-refractivity contribution in [1.29, 1.82) is 0 Å². The predicted molar refractivity (Wildman–Crippen MR) is 81.7 cm³/mol. The number of carbonyl (C=O) groups excluding carboxylic acids is 1. The molecule has 0 aromatic heterocycles. The van der Waals surface area contributed by atoms with Crippen LogP contribution in [0.5, 0.6) is 0 Å². The van der Waals surface area contributed by atoms with E-state index in [0.29, 0.717) is 6.04 Å². The summed E-state index contributed by atoms with van der Waals surface area (Å²) in [6.45, 7) is 5.95. The molecule has 0 unspecified atom stereocenters. The van der Waals surface area contributed by atoms with Crippen LogP contribution in [0.15, 0.2) is 12.2 Å². The zero-order valence-corrected chi connectivity index (χ0v) is 12.8. The van der Waals surface area contributed by atoms with E-state index in [-0.39, 0.29) is 12.1 Å². The zero-order valence-electron chi connectivity index (χ0n) is 12.0. The van der Waals surface area contributed by atoms with E-state index in [2.05, 4.69) is 35.5 Å². The first-order valence-electron chi connectivity index (χ1n) is 7.14. The second-order valence-corrected chi connectivity index (χ2v) is 6.43. The van der Waals surface area contributed by atoms with Crippen molar-refractivity contribution in [1.82, 2.24) is 15.1 Å². The van der Waals surface area contributed by atoms with E-state index in [4.69, 9.17) is 0 Å². The summed E-state index contributed by atoms with van der Waals surface area (Å²) in [6.07, 6.45) is 8.68. The van der Waals surface area contributed by atoms with E-state index in [9.17, 15) is 4.79 Å². The van der Waals surface area contributed by atoms with Crippen LogP contribution in [0.25, 0.3) is 0 Å². The molecule has 2 rings (SSSR count). The second kappa shape index (κ2) is 7.20. The molecular weight excluding hydrogens is 258 g/mol. The maximum atomic E-state index is 12.2. The van der Waals surface area contributed by atoms with Gasteiger partial charge in [0.1, 0.15) is 0 Å². The van der Waals surface area contributed by atoms with Crippen LogP contribution in [0.2, 0.25) is 0 Å². The molecule has 2 atom stereocenters. The number of likely N-dealkylation sites (tertiary alicyclic amines) is 1. The summed E-state index contributed by atoms with van der Waals surface area (Å²) in [6, 6.07) is 0.929. The molecule has 0 bridgehead atoms. The highest BCUT2D eigenvalue weighted by atomic mass is 32.2. The van der Waals surface area contributed by atoms with Crippen molar-refractivity contribution in [2.24, 2.45) is 0 Å². The van der Waals surface area contributed by atoms with Crippen LogP contribution < -0.4 is 5.32 Å². The first-order valence-corrected chi connectivity index (χ1v) is 8.53. The number of carbonyl (C=O) groups is 1. The molecule has 19 heavy (non-hydrogen) atoms. The summed E-state index contributed by atoms with van der Waals surface area (Å²) >= 11 is 1.83. The van der Waals surface area contributed by atoms with E-state index >= 15 is 0 Å². The minimum atomic E-state index is 0.114. The van der Waals surface area contributed by atoms with Crippen molar-refractivity contribution in [3.05, 3.63) is 12.2 Å². The van der Waals surface area contributed by atoms with Gasteiger partial charge in [0.05, 0.1) is 0 Å². The van der Waals surface area contributed by atoms with Crippen LogP contribution in [0.1, 0.15) is 19.8 Å². The van der Waals surface area contributed by atoms with Gasteiger partial charge >= 0.3 is 6.03 Å². The number of hydrogen-bond donors (Lipinski definition) is 1. The molecule has 108 valence electrons. The summed E-state index contributed by atoms with van der Waals surface area (Å²) in [4.78, 5) is 16.6. The highest BCUT2D eigenvalue weighted by Gasteiger charge is 2.30. The third kappa shape index (κ3) is 4.14. The van der Waals surface area contributed by atoms with Gasteiger partial charge in [-0.15, -0.1) is 0 Å². The number of thioether (sulfide) groups is 1. The standard InChI is InChI=1S/C14H25N3OS/c1-12(6-10-19-2)15-14(18)17-9-5-13(11-17)16-7-3-4-8-16/h3-4,12-13H,5-11H2,1-2H3,(H,15,18)/t12-,13+/m0/s1. The highest BCUT2D eigenvalue weighted by Crippen LogP contribution is 2.18. The topological polar surface area (TPSA) is 35.6 Å². The molecule has 1 fully saturated rings. The van der Waals surface area contributed by atoms with Crippen molar-refractivity contribution in [3.8, 4) is 0 Å². The molecule has 0 aromatic rings. The molecule has 1 saturated heterocycles. The molecule has 4 nitrogen and oxygen atoms in total. The molecule has 0 saturated carbocycles. The molecule has 0 aliphatic carbocycles. The first kappa shape index (κ1) is 14.7. The molecule has 2 heterocycles. The van der Waals surface area contributed by atoms with Crippen LogP contribution in [0.4, 0.5) is 4.79 Å². The number of hydrogen-bond acceptors (Lipinski definition) is 3. The van der Waals surface area contributed by atoms with E-state index < -0.39 is 0 Å². The fraction of sp³-hybridized carbons (Fsp3) is 0.786. The van der Waals surface area contributed by atoms with E-state index in [1.807, 2.05) is 16.7 Å². The maximum Gasteiger partial charge on any atom is 0.317 e. The molecule has 2 aliphatic heterocycles. The molecule has 5 heteroatoms. The van der Waals surface area contributed by atoms with Crippen molar-refractivity contribution in [2.75, 3.05) is 38.2 Å². The molecule has 2 aliphatic rings. The van der Waals surface area contributed by atoms with E-state index in [0.717, 1.165) is 44.8 Å². The zero-order chi connectivity index (χ0) is 13.7. The van der Waals surface area contributed by atoms with Gasteiger partial charge in [0.15, 0.2) is 0 Å². The Bertz CT molecular complexity index is 327. The van der Waals surface area contributed by atoms with Gasteiger partial charge in [0.25, 0.3) is 0 Å². The molecule has 2 amide bonds. The van der Waals surface area contributed by atoms with Crippen LogP contribution in [-0.4, -0.2) is 66.1 Å². The minimum absolute atomic E-state index is 0.114. The highest BCUT2D eigenvalue weighted by molar-refractivity contribution is 7.98. The Balaban J connectivity index is 1.72. The Hall–Kier alpha value is -0.680.